The van der Waals surface area contributed by atoms with Gasteiger partial charge in [-0.25, -0.2) is 8.78 Å². The molecule has 7 nitrogen and oxygen atoms in total. The minimum absolute atomic E-state index is 0.0820. The normalized spacial score (nSPS) is 13.9. The number of carbonyl (C=O) groups is 1. The number of benzene rings is 1. The van der Waals surface area contributed by atoms with Crippen LogP contribution in [0.1, 0.15) is 36.3 Å². The lowest BCUT2D eigenvalue weighted by Crippen LogP contribution is -2.35. The van der Waals surface area contributed by atoms with E-state index in [4.69, 9.17) is 11.5 Å². The van der Waals surface area contributed by atoms with Gasteiger partial charge in [0.1, 0.15) is 11.6 Å². The molecule has 31 heavy (non-hydrogen) atoms. The van der Waals surface area contributed by atoms with Gasteiger partial charge in [0, 0.05) is 35.0 Å². The second-order valence-corrected chi connectivity index (χ2v) is 7.74. The molecule has 0 spiro atoms. The number of nitrogens with one attached hydrogen (secondary N) is 1. The minimum atomic E-state index is -1.15. The topological polar surface area (TPSA) is 120 Å². The molecule has 2 atom stereocenters. The molecule has 1 aromatic carbocycles. The van der Waals surface area contributed by atoms with E-state index in [1.165, 1.54) is 31.3 Å². The van der Waals surface area contributed by atoms with E-state index in [2.05, 4.69) is 20.5 Å². The maximum absolute atomic E-state index is 14.3. The maximum atomic E-state index is 14.3. The lowest BCUT2D eigenvalue weighted by Gasteiger charge is -2.30. The Bertz CT molecular complexity index is 1070. The molecule has 5 N–H and O–H groups in total. The van der Waals surface area contributed by atoms with Crippen LogP contribution in [0.25, 0.3) is 11.3 Å². The van der Waals surface area contributed by atoms with Crippen molar-refractivity contribution in [3.05, 3.63) is 65.7 Å². The molecule has 1 amide bonds. The van der Waals surface area contributed by atoms with Gasteiger partial charge in [0.25, 0.3) is 0 Å². The summed E-state index contributed by atoms with van der Waals surface area (Å²) < 4.78 is 28.2. The molecule has 3 aromatic rings. The number of alkyl halides is 1. The number of hydrogen-bond acceptors (Lipinski definition) is 6. The zero-order chi connectivity index (χ0) is 22.6. The third-order valence-electron chi connectivity index (χ3n) is 4.92. The largest absolute Gasteiger partial charge is 0.399 e. The first-order valence-corrected chi connectivity index (χ1v) is 9.71. The zero-order valence-electron chi connectivity index (χ0n) is 17.3. The van der Waals surface area contributed by atoms with Crippen molar-refractivity contribution >= 4 is 17.4 Å². The molecular weight excluding hydrogens is 402 g/mol. The Morgan fingerprint density at radius 3 is 2.61 bits per heavy atom. The van der Waals surface area contributed by atoms with Gasteiger partial charge >= 0.3 is 0 Å². The fourth-order valence-electron chi connectivity index (χ4n) is 3.51. The highest BCUT2D eigenvalue weighted by Crippen LogP contribution is 2.31. The molecule has 0 radical (unpaired) electrons. The van der Waals surface area contributed by atoms with Crippen LogP contribution in [-0.4, -0.2) is 33.8 Å². The lowest BCUT2D eigenvalue weighted by atomic mass is 9.81. The highest BCUT2D eigenvalue weighted by Gasteiger charge is 2.33. The molecule has 2 aromatic heterocycles. The van der Waals surface area contributed by atoms with Gasteiger partial charge in [0.05, 0.1) is 17.6 Å². The number of halogens is 2. The Kier molecular flexibility index (Phi) is 6.43. The second-order valence-electron chi connectivity index (χ2n) is 7.74. The van der Waals surface area contributed by atoms with Gasteiger partial charge in [-0.05, 0) is 55.8 Å². The fourth-order valence-corrected chi connectivity index (χ4v) is 3.51. The predicted octanol–water partition coefficient (Wildman–Crippen LogP) is 3.48. The second kappa shape index (κ2) is 9.03. The molecule has 162 valence electrons. The minimum Gasteiger partial charge on any atom is -0.399 e. The third-order valence-corrected chi connectivity index (χ3v) is 4.92. The highest BCUT2D eigenvalue weighted by molar-refractivity contribution is 5.95. The van der Waals surface area contributed by atoms with E-state index in [-0.39, 0.29) is 24.2 Å². The summed E-state index contributed by atoms with van der Waals surface area (Å²) in [6.07, 6.45) is 0.420. The van der Waals surface area contributed by atoms with Crippen molar-refractivity contribution in [1.82, 2.24) is 15.2 Å². The van der Waals surface area contributed by atoms with Crippen LogP contribution < -0.4 is 16.8 Å². The molecule has 0 saturated carbocycles. The van der Waals surface area contributed by atoms with Crippen LogP contribution in [0.5, 0.6) is 0 Å². The van der Waals surface area contributed by atoms with Crippen molar-refractivity contribution in [3.63, 3.8) is 0 Å². The molecule has 0 unspecified atom stereocenters. The van der Waals surface area contributed by atoms with Crippen molar-refractivity contribution in [1.29, 1.82) is 0 Å². The van der Waals surface area contributed by atoms with E-state index in [9.17, 15) is 13.6 Å². The van der Waals surface area contributed by atoms with E-state index in [1.807, 2.05) is 0 Å². The van der Waals surface area contributed by atoms with Gasteiger partial charge in [0.2, 0.25) is 5.91 Å². The van der Waals surface area contributed by atoms with Crippen molar-refractivity contribution in [3.8, 4) is 11.3 Å². The fraction of sp³-hybridized carbons (Fsp3) is 0.273. The number of rotatable bonds is 8. The number of carbonyl (C=O) groups excluding carboxylic acids is 1. The molecule has 0 aliphatic rings. The summed E-state index contributed by atoms with van der Waals surface area (Å²) in [7, 11) is 0. The first-order chi connectivity index (χ1) is 14.7. The van der Waals surface area contributed by atoms with Crippen LogP contribution in [0.15, 0.2) is 48.7 Å². The van der Waals surface area contributed by atoms with E-state index < -0.39 is 23.3 Å². The Hall–Kier alpha value is -3.62. The SMILES string of the molecule is C[C@H](F)C[C@@](C)(CNc1ccc(-c2cc(N)cc(C(N)=O)c2)nn1)c1ncccc1F. The van der Waals surface area contributed by atoms with E-state index in [1.54, 1.807) is 31.2 Å². The number of amides is 1. The van der Waals surface area contributed by atoms with Crippen LogP contribution >= 0.6 is 0 Å². The first kappa shape index (κ1) is 22.1. The van der Waals surface area contributed by atoms with Crippen LogP contribution in [-0.2, 0) is 5.41 Å². The molecule has 0 bridgehead atoms. The first-order valence-electron chi connectivity index (χ1n) is 9.71. The molecule has 0 fully saturated rings. The van der Waals surface area contributed by atoms with Crippen molar-refractivity contribution in [2.24, 2.45) is 5.73 Å². The highest BCUT2D eigenvalue weighted by atomic mass is 19.1. The average molecular weight is 426 g/mol. The maximum Gasteiger partial charge on any atom is 0.248 e. The molecule has 3 rings (SSSR count). The summed E-state index contributed by atoms with van der Waals surface area (Å²) in [4.78, 5) is 15.6. The summed E-state index contributed by atoms with van der Waals surface area (Å²) in [5, 5.41) is 11.4. The standard InChI is InChI=1S/C22H24F2N6O/c1-13(23)11-22(2,20-17(24)4-3-7-27-20)12-28-19-6-5-18(29-30-19)14-8-15(21(26)31)10-16(25)9-14/h3-10,13H,11-12,25H2,1-2H3,(H2,26,31)(H,28,30)/t13-,22-/m0/s1. The monoisotopic (exact) mass is 426 g/mol. The van der Waals surface area contributed by atoms with Gasteiger partial charge in [-0.1, -0.05) is 6.92 Å². The van der Waals surface area contributed by atoms with Gasteiger partial charge < -0.3 is 16.8 Å². The Labute approximate surface area is 178 Å². The Morgan fingerprint density at radius 2 is 2.00 bits per heavy atom. The number of nitrogens with two attached hydrogens (primary N) is 2. The summed E-state index contributed by atoms with van der Waals surface area (Å²) in [5.74, 6) is -0.652. The molecular formula is C22H24F2N6O. The van der Waals surface area contributed by atoms with Gasteiger partial charge in [-0.3, -0.25) is 9.78 Å². The van der Waals surface area contributed by atoms with Crippen molar-refractivity contribution in [2.45, 2.75) is 31.9 Å². The molecule has 0 saturated heterocycles. The smallest absolute Gasteiger partial charge is 0.248 e. The number of nitrogens with zero attached hydrogens (tertiary/aromatic N) is 3. The number of nitrogen functional groups attached to an aromatic ring is 1. The quantitative estimate of drug-likeness (QED) is 0.475. The van der Waals surface area contributed by atoms with Crippen LogP contribution in [0.3, 0.4) is 0 Å². The van der Waals surface area contributed by atoms with Crippen LogP contribution in [0.4, 0.5) is 20.3 Å². The molecule has 2 heterocycles. The Morgan fingerprint density at radius 1 is 1.23 bits per heavy atom. The third kappa shape index (κ3) is 5.30. The molecule has 0 aliphatic carbocycles. The van der Waals surface area contributed by atoms with Gasteiger partial charge in [-0.2, -0.15) is 0 Å². The van der Waals surface area contributed by atoms with Gasteiger partial charge in [-0.15, -0.1) is 10.2 Å². The van der Waals surface area contributed by atoms with Gasteiger partial charge in [0.15, 0.2) is 0 Å². The van der Waals surface area contributed by atoms with Crippen LogP contribution in [0.2, 0.25) is 0 Å². The number of pyridine rings is 1. The predicted molar refractivity (Wildman–Crippen MR) is 116 cm³/mol. The van der Waals surface area contributed by atoms with Crippen LogP contribution in [0, 0.1) is 5.82 Å². The summed E-state index contributed by atoms with van der Waals surface area (Å²) in [6, 6.07) is 10.9. The number of aromatic nitrogens is 3. The van der Waals surface area contributed by atoms with E-state index >= 15 is 0 Å². The zero-order valence-corrected chi connectivity index (χ0v) is 17.3. The number of anilines is 2. The number of primary amides is 1. The van der Waals surface area contributed by atoms with Crippen molar-refractivity contribution in [2.75, 3.05) is 17.6 Å². The summed E-state index contributed by atoms with van der Waals surface area (Å²) >= 11 is 0. The number of hydrogen-bond donors (Lipinski definition) is 3. The average Bonchev–Trinajstić information content (AvgIpc) is 2.72. The lowest BCUT2D eigenvalue weighted by molar-refractivity contribution is 0.100. The summed E-state index contributed by atoms with van der Waals surface area (Å²) in [6.45, 7) is 3.38. The molecule has 9 heteroatoms. The van der Waals surface area contributed by atoms with E-state index in [0.717, 1.165) is 0 Å². The molecule has 0 aliphatic heterocycles. The Balaban J connectivity index is 1.80. The summed E-state index contributed by atoms with van der Waals surface area (Å²) in [5.41, 5.74) is 12.2. The van der Waals surface area contributed by atoms with E-state index in [0.29, 0.717) is 22.8 Å². The van der Waals surface area contributed by atoms with Crippen molar-refractivity contribution < 1.29 is 13.6 Å².